The van der Waals surface area contributed by atoms with Crippen molar-refractivity contribution in [1.82, 2.24) is 5.32 Å². The fraction of sp³-hybridized carbons (Fsp3) is 0.727. The molecule has 2 fully saturated rings. The third-order valence-electron chi connectivity index (χ3n) is 3.07. The second-order valence-electron chi connectivity index (χ2n) is 4.57. The van der Waals surface area contributed by atoms with Crippen LogP contribution in [0.3, 0.4) is 0 Å². The average Bonchev–Trinajstić information content (AvgIpc) is 3.05. The number of ketones is 1. The Balaban J connectivity index is 1.93. The molecule has 4 nitrogen and oxygen atoms in total. The average molecular weight is 206 g/mol. The summed E-state index contributed by atoms with van der Waals surface area (Å²) < 4.78 is 0. The van der Waals surface area contributed by atoms with Crippen LogP contribution in [0.5, 0.6) is 0 Å². The maximum atomic E-state index is 11.7. The van der Waals surface area contributed by atoms with Crippen LogP contribution in [0.2, 0.25) is 0 Å². The van der Waals surface area contributed by atoms with Gasteiger partial charge in [-0.2, -0.15) is 5.26 Å². The number of hydrogen-bond donors (Lipinski definition) is 1. The van der Waals surface area contributed by atoms with Crippen molar-refractivity contribution in [1.29, 1.82) is 5.26 Å². The minimum Gasteiger partial charge on any atom is -0.352 e. The molecular formula is C11H14N2O2. The van der Waals surface area contributed by atoms with Crippen molar-refractivity contribution in [3.05, 3.63) is 0 Å². The second kappa shape index (κ2) is 3.65. The lowest BCUT2D eigenvalue weighted by atomic mass is 10.00. The number of rotatable bonds is 4. The largest absolute Gasteiger partial charge is 0.352 e. The monoisotopic (exact) mass is 206 g/mol. The van der Waals surface area contributed by atoms with Crippen LogP contribution in [0.1, 0.15) is 26.2 Å². The third kappa shape index (κ3) is 2.17. The first-order valence-corrected chi connectivity index (χ1v) is 5.37. The van der Waals surface area contributed by atoms with E-state index >= 15 is 0 Å². The van der Waals surface area contributed by atoms with Gasteiger partial charge in [0.1, 0.15) is 0 Å². The van der Waals surface area contributed by atoms with E-state index in [-0.39, 0.29) is 17.7 Å². The molecule has 2 aliphatic rings. The molecule has 0 heterocycles. The van der Waals surface area contributed by atoms with E-state index in [2.05, 4.69) is 5.32 Å². The summed E-state index contributed by atoms with van der Waals surface area (Å²) in [5.41, 5.74) is 0. The Morgan fingerprint density at radius 1 is 1.47 bits per heavy atom. The highest BCUT2D eigenvalue weighted by Gasteiger charge is 2.45. The highest BCUT2D eigenvalue weighted by Crippen LogP contribution is 2.40. The number of nitrogens with one attached hydrogen (secondary N) is 1. The molecule has 15 heavy (non-hydrogen) atoms. The molecule has 2 rings (SSSR count). The molecule has 2 aliphatic carbocycles. The summed E-state index contributed by atoms with van der Waals surface area (Å²) in [6.45, 7) is 1.97. The summed E-state index contributed by atoms with van der Waals surface area (Å²) in [5, 5.41) is 11.5. The van der Waals surface area contributed by atoms with Crippen molar-refractivity contribution >= 4 is 11.7 Å². The summed E-state index contributed by atoms with van der Waals surface area (Å²) in [5.74, 6) is -1.38. The Bertz CT molecular complexity index is 341. The molecule has 0 aromatic rings. The highest BCUT2D eigenvalue weighted by molar-refractivity contribution is 6.06. The van der Waals surface area contributed by atoms with Crippen LogP contribution in [-0.2, 0) is 9.59 Å². The fourth-order valence-corrected chi connectivity index (χ4v) is 1.70. The van der Waals surface area contributed by atoms with Gasteiger partial charge in [-0.25, -0.2) is 0 Å². The smallest absolute Gasteiger partial charge is 0.245 e. The molecule has 80 valence electrons. The van der Waals surface area contributed by atoms with Gasteiger partial charge in [-0.1, -0.05) is 6.92 Å². The molecule has 0 aromatic carbocycles. The van der Waals surface area contributed by atoms with Gasteiger partial charge in [-0.15, -0.1) is 0 Å². The molecule has 3 unspecified atom stereocenters. The number of amides is 1. The molecule has 2 saturated carbocycles. The molecule has 0 saturated heterocycles. The topological polar surface area (TPSA) is 70.0 Å². The van der Waals surface area contributed by atoms with E-state index in [1.165, 1.54) is 0 Å². The zero-order valence-corrected chi connectivity index (χ0v) is 8.69. The van der Waals surface area contributed by atoms with E-state index in [1.807, 2.05) is 13.0 Å². The van der Waals surface area contributed by atoms with Crippen molar-refractivity contribution in [2.24, 2.45) is 17.8 Å². The Kier molecular flexibility index (Phi) is 2.47. The molecule has 1 amide bonds. The van der Waals surface area contributed by atoms with Crippen LogP contribution in [0, 0.1) is 29.1 Å². The van der Waals surface area contributed by atoms with Crippen LogP contribution < -0.4 is 5.32 Å². The highest BCUT2D eigenvalue weighted by atomic mass is 16.2. The van der Waals surface area contributed by atoms with Gasteiger partial charge in [0.25, 0.3) is 0 Å². The van der Waals surface area contributed by atoms with Gasteiger partial charge in [-0.3, -0.25) is 9.59 Å². The van der Waals surface area contributed by atoms with Gasteiger partial charge in [0.05, 0.1) is 6.07 Å². The Hall–Kier alpha value is -1.37. The van der Waals surface area contributed by atoms with E-state index in [4.69, 9.17) is 5.26 Å². The standard InChI is InChI=1S/C11H14N2O2/c1-6-4-8(6)10(14)9(5-12)11(15)13-7-2-3-7/h6-9H,2-4H2,1H3,(H,13,15). The molecule has 0 spiro atoms. The molecule has 0 aromatic heterocycles. The second-order valence-corrected chi connectivity index (χ2v) is 4.57. The SMILES string of the molecule is CC1CC1C(=O)C(C#N)C(=O)NC1CC1. The normalized spacial score (nSPS) is 30.1. The van der Waals surface area contributed by atoms with Crippen molar-refractivity contribution in [3.8, 4) is 6.07 Å². The number of Topliss-reactive ketones (excluding diaryl/α,β-unsaturated/α-hetero) is 1. The summed E-state index contributed by atoms with van der Waals surface area (Å²) >= 11 is 0. The van der Waals surface area contributed by atoms with Crippen LogP contribution in [0.4, 0.5) is 0 Å². The summed E-state index contributed by atoms with van der Waals surface area (Å²) in [6, 6.07) is 2.02. The predicted molar refractivity (Wildman–Crippen MR) is 52.5 cm³/mol. The first-order chi connectivity index (χ1) is 7.13. The van der Waals surface area contributed by atoms with Crippen molar-refractivity contribution in [2.75, 3.05) is 0 Å². The first-order valence-electron chi connectivity index (χ1n) is 5.37. The lowest BCUT2D eigenvalue weighted by Gasteiger charge is -2.07. The van der Waals surface area contributed by atoms with Crippen molar-refractivity contribution < 1.29 is 9.59 Å². The molecule has 0 bridgehead atoms. The van der Waals surface area contributed by atoms with E-state index in [0.717, 1.165) is 19.3 Å². The summed E-state index contributed by atoms with van der Waals surface area (Å²) in [6.07, 6.45) is 2.77. The van der Waals surface area contributed by atoms with E-state index in [9.17, 15) is 9.59 Å². The number of carbonyl (C=O) groups is 2. The van der Waals surface area contributed by atoms with Crippen LogP contribution in [0.15, 0.2) is 0 Å². The van der Waals surface area contributed by atoms with Crippen LogP contribution in [-0.4, -0.2) is 17.7 Å². The van der Waals surface area contributed by atoms with E-state index in [0.29, 0.717) is 5.92 Å². The predicted octanol–water partition coefficient (Wildman–Crippen LogP) is 0.630. The Morgan fingerprint density at radius 2 is 2.07 bits per heavy atom. The van der Waals surface area contributed by atoms with Gasteiger partial charge >= 0.3 is 0 Å². The van der Waals surface area contributed by atoms with Gasteiger partial charge < -0.3 is 5.32 Å². The van der Waals surface area contributed by atoms with Crippen molar-refractivity contribution in [2.45, 2.75) is 32.2 Å². The Morgan fingerprint density at radius 3 is 2.47 bits per heavy atom. The molecule has 1 N–H and O–H groups in total. The zero-order chi connectivity index (χ0) is 11.0. The minimum atomic E-state index is -1.08. The quantitative estimate of drug-likeness (QED) is 0.686. The number of carbonyl (C=O) groups excluding carboxylic acids is 2. The van der Waals surface area contributed by atoms with E-state index in [1.54, 1.807) is 0 Å². The lowest BCUT2D eigenvalue weighted by molar-refractivity contribution is -0.132. The molecule has 3 atom stereocenters. The lowest BCUT2D eigenvalue weighted by Crippen LogP contribution is -2.36. The van der Waals surface area contributed by atoms with Gasteiger partial charge in [0.2, 0.25) is 5.91 Å². The summed E-state index contributed by atoms with van der Waals surface area (Å²) in [4.78, 5) is 23.3. The number of nitrogens with zero attached hydrogens (tertiary/aromatic N) is 1. The van der Waals surface area contributed by atoms with Crippen molar-refractivity contribution in [3.63, 3.8) is 0 Å². The number of hydrogen-bond acceptors (Lipinski definition) is 3. The van der Waals surface area contributed by atoms with E-state index < -0.39 is 11.8 Å². The molecular weight excluding hydrogens is 192 g/mol. The first kappa shape index (κ1) is 10.2. The molecule has 4 heteroatoms. The van der Waals surface area contributed by atoms with Gasteiger partial charge in [0.15, 0.2) is 11.7 Å². The minimum absolute atomic E-state index is 0.0559. The fourth-order valence-electron chi connectivity index (χ4n) is 1.70. The third-order valence-corrected chi connectivity index (χ3v) is 3.07. The number of nitriles is 1. The Labute approximate surface area is 88.6 Å². The van der Waals surface area contributed by atoms with Crippen LogP contribution in [0.25, 0.3) is 0 Å². The van der Waals surface area contributed by atoms with Gasteiger partial charge in [-0.05, 0) is 25.2 Å². The maximum Gasteiger partial charge on any atom is 0.245 e. The zero-order valence-electron chi connectivity index (χ0n) is 8.69. The molecule has 0 radical (unpaired) electrons. The molecule has 0 aliphatic heterocycles. The van der Waals surface area contributed by atoms with Crippen LogP contribution >= 0.6 is 0 Å². The summed E-state index contributed by atoms with van der Waals surface area (Å²) in [7, 11) is 0. The van der Waals surface area contributed by atoms with Gasteiger partial charge in [0, 0.05) is 12.0 Å². The maximum absolute atomic E-state index is 11.7.